The van der Waals surface area contributed by atoms with Crippen molar-refractivity contribution < 1.29 is 14.3 Å². The van der Waals surface area contributed by atoms with E-state index in [-0.39, 0.29) is 12.3 Å². The molecule has 1 amide bonds. The molecule has 1 heterocycles. The van der Waals surface area contributed by atoms with Crippen LogP contribution in [0.1, 0.15) is 12.0 Å². The molecule has 1 atom stereocenters. The Hall–Kier alpha value is -2.33. The monoisotopic (exact) mass is 329 g/mol. The Bertz CT molecular complexity index is 759. The van der Waals surface area contributed by atoms with Crippen molar-refractivity contribution >= 4 is 29.2 Å². The number of anilines is 1. The third kappa shape index (κ3) is 3.22. The lowest BCUT2D eigenvalue weighted by molar-refractivity contribution is -0.139. The Kier molecular flexibility index (Phi) is 4.35. The van der Waals surface area contributed by atoms with Crippen LogP contribution in [-0.4, -0.2) is 18.4 Å². The SMILES string of the molecule is Cc1ccccc1N1C[C@@H](C(=O)Oc2ccccc2Cl)CC1=O. The van der Waals surface area contributed by atoms with Gasteiger partial charge in [-0.15, -0.1) is 0 Å². The molecule has 4 nitrogen and oxygen atoms in total. The Morgan fingerprint density at radius 1 is 1.17 bits per heavy atom. The molecule has 118 valence electrons. The molecule has 0 aliphatic carbocycles. The van der Waals surface area contributed by atoms with E-state index in [1.54, 1.807) is 29.2 Å². The molecule has 0 saturated carbocycles. The average Bonchev–Trinajstić information content (AvgIpc) is 2.92. The maximum atomic E-state index is 12.3. The summed E-state index contributed by atoms with van der Waals surface area (Å²) in [6, 6.07) is 14.4. The molecular formula is C18H16ClNO3. The summed E-state index contributed by atoms with van der Waals surface area (Å²) >= 11 is 5.99. The molecule has 23 heavy (non-hydrogen) atoms. The average molecular weight is 330 g/mol. The Morgan fingerprint density at radius 2 is 1.87 bits per heavy atom. The van der Waals surface area contributed by atoms with Crippen molar-refractivity contribution in [3.63, 3.8) is 0 Å². The van der Waals surface area contributed by atoms with Crippen molar-refractivity contribution in [1.82, 2.24) is 0 Å². The number of aryl methyl sites for hydroxylation is 1. The summed E-state index contributed by atoms with van der Waals surface area (Å²) in [6.45, 7) is 2.27. The summed E-state index contributed by atoms with van der Waals surface area (Å²) in [5, 5.41) is 0.376. The molecule has 0 unspecified atom stereocenters. The largest absolute Gasteiger partial charge is 0.425 e. The van der Waals surface area contributed by atoms with E-state index >= 15 is 0 Å². The number of ether oxygens (including phenoxy) is 1. The first-order chi connectivity index (χ1) is 11.1. The third-order valence-corrected chi connectivity index (χ3v) is 4.22. The molecule has 1 saturated heterocycles. The molecule has 1 aliphatic rings. The maximum Gasteiger partial charge on any atom is 0.316 e. The van der Waals surface area contributed by atoms with E-state index in [0.717, 1.165) is 11.3 Å². The fourth-order valence-corrected chi connectivity index (χ4v) is 2.86. The number of para-hydroxylation sites is 2. The van der Waals surface area contributed by atoms with Crippen LogP contribution in [0.2, 0.25) is 5.02 Å². The van der Waals surface area contributed by atoms with Crippen LogP contribution in [0.15, 0.2) is 48.5 Å². The van der Waals surface area contributed by atoms with Gasteiger partial charge in [-0.1, -0.05) is 41.9 Å². The van der Waals surface area contributed by atoms with E-state index in [1.165, 1.54) is 0 Å². The fraction of sp³-hybridized carbons (Fsp3) is 0.222. The van der Waals surface area contributed by atoms with Gasteiger partial charge in [-0.2, -0.15) is 0 Å². The van der Waals surface area contributed by atoms with Gasteiger partial charge in [0.2, 0.25) is 5.91 Å². The molecule has 1 aliphatic heterocycles. The van der Waals surface area contributed by atoms with Crippen LogP contribution in [-0.2, 0) is 9.59 Å². The predicted octanol–water partition coefficient (Wildman–Crippen LogP) is 3.61. The van der Waals surface area contributed by atoms with Crippen molar-refractivity contribution in [2.45, 2.75) is 13.3 Å². The maximum absolute atomic E-state index is 12.3. The summed E-state index contributed by atoms with van der Waals surface area (Å²) in [5.41, 5.74) is 1.84. The van der Waals surface area contributed by atoms with E-state index in [0.29, 0.717) is 17.3 Å². The number of rotatable bonds is 3. The van der Waals surface area contributed by atoms with Gasteiger partial charge >= 0.3 is 5.97 Å². The van der Waals surface area contributed by atoms with Gasteiger partial charge in [-0.3, -0.25) is 9.59 Å². The minimum atomic E-state index is -0.488. The first kappa shape index (κ1) is 15.6. The van der Waals surface area contributed by atoms with Gasteiger partial charge in [0, 0.05) is 18.7 Å². The molecule has 2 aromatic carbocycles. The standard InChI is InChI=1S/C18H16ClNO3/c1-12-6-2-4-8-15(12)20-11-13(10-17(20)21)18(22)23-16-9-5-3-7-14(16)19/h2-9,13H,10-11H2,1H3/t13-/m0/s1. The topological polar surface area (TPSA) is 46.6 Å². The number of halogens is 1. The van der Waals surface area contributed by atoms with Gasteiger partial charge in [0.15, 0.2) is 0 Å². The molecule has 3 rings (SSSR count). The van der Waals surface area contributed by atoms with Gasteiger partial charge in [-0.05, 0) is 30.7 Å². The third-order valence-electron chi connectivity index (χ3n) is 3.91. The second-order valence-corrected chi connectivity index (χ2v) is 5.95. The first-order valence-electron chi connectivity index (χ1n) is 7.38. The van der Waals surface area contributed by atoms with Gasteiger partial charge in [0.1, 0.15) is 5.75 Å². The normalized spacial score (nSPS) is 17.4. The smallest absolute Gasteiger partial charge is 0.316 e. The van der Waals surface area contributed by atoms with Crippen LogP contribution < -0.4 is 9.64 Å². The highest BCUT2D eigenvalue weighted by Gasteiger charge is 2.37. The highest BCUT2D eigenvalue weighted by Crippen LogP contribution is 2.30. The summed E-state index contributed by atoms with van der Waals surface area (Å²) in [4.78, 5) is 26.2. The van der Waals surface area contributed by atoms with Crippen LogP contribution in [0.4, 0.5) is 5.69 Å². The summed E-state index contributed by atoms with van der Waals surface area (Å²) in [5.74, 6) is -0.665. The first-order valence-corrected chi connectivity index (χ1v) is 7.76. The Morgan fingerprint density at radius 3 is 2.61 bits per heavy atom. The lowest BCUT2D eigenvalue weighted by Crippen LogP contribution is -2.27. The summed E-state index contributed by atoms with van der Waals surface area (Å²) in [7, 11) is 0. The zero-order valence-electron chi connectivity index (χ0n) is 12.7. The van der Waals surface area contributed by atoms with Gasteiger partial charge in [0.05, 0.1) is 10.9 Å². The van der Waals surface area contributed by atoms with E-state index in [4.69, 9.17) is 16.3 Å². The fourth-order valence-electron chi connectivity index (χ4n) is 2.68. The molecule has 0 radical (unpaired) electrons. The number of hydrogen-bond donors (Lipinski definition) is 0. The van der Waals surface area contributed by atoms with Crippen LogP contribution in [0.3, 0.4) is 0 Å². The number of hydrogen-bond acceptors (Lipinski definition) is 3. The molecule has 0 bridgehead atoms. The molecule has 1 fully saturated rings. The predicted molar refractivity (Wildman–Crippen MR) is 88.7 cm³/mol. The number of carbonyl (C=O) groups is 2. The van der Waals surface area contributed by atoms with Crippen molar-refractivity contribution in [1.29, 1.82) is 0 Å². The van der Waals surface area contributed by atoms with Crippen LogP contribution >= 0.6 is 11.6 Å². The van der Waals surface area contributed by atoms with Crippen LogP contribution in [0, 0.1) is 12.8 Å². The second kappa shape index (κ2) is 6.42. The van der Waals surface area contributed by atoms with E-state index in [1.807, 2.05) is 31.2 Å². The molecular weight excluding hydrogens is 314 g/mol. The van der Waals surface area contributed by atoms with E-state index < -0.39 is 11.9 Å². The molecule has 5 heteroatoms. The number of carbonyl (C=O) groups excluding carboxylic acids is 2. The second-order valence-electron chi connectivity index (χ2n) is 5.54. The zero-order valence-corrected chi connectivity index (χ0v) is 13.4. The highest BCUT2D eigenvalue weighted by molar-refractivity contribution is 6.32. The minimum absolute atomic E-state index is 0.0691. The molecule has 0 spiro atoms. The minimum Gasteiger partial charge on any atom is -0.425 e. The van der Waals surface area contributed by atoms with Crippen LogP contribution in [0.25, 0.3) is 0 Å². The van der Waals surface area contributed by atoms with E-state index in [9.17, 15) is 9.59 Å². The number of amides is 1. The Balaban J connectivity index is 1.74. The number of benzene rings is 2. The van der Waals surface area contributed by atoms with Crippen molar-refractivity contribution in [3.05, 3.63) is 59.1 Å². The number of esters is 1. The highest BCUT2D eigenvalue weighted by atomic mass is 35.5. The number of nitrogens with zero attached hydrogens (tertiary/aromatic N) is 1. The molecule has 2 aromatic rings. The summed E-state index contributed by atoms with van der Waals surface area (Å²) < 4.78 is 5.34. The van der Waals surface area contributed by atoms with Crippen LogP contribution in [0.5, 0.6) is 5.75 Å². The summed E-state index contributed by atoms with van der Waals surface area (Å²) in [6.07, 6.45) is 0.150. The molecule has 0 aromatic heterocycles. The lowest BCUT2D eigenvalue weighted by Gasteiger charge is -2.18. The van der Waals surface area contributed by atoms with Crippen molar-refractivity contribution in [2.24, 2.45) is 5.92 Å². The van der Waals surface area contributed by atoms with Crippen molar-refractivity contribution in [2.75, 3.05) is 11.4 Å². The molecule has 0 N–H and O–H groups in total. The van der Waals surface area contributed by atoms with Gasteiger partial charge in [-0.25, -0.2) is 0 Å². The Labute approximate surface area is 139 Å². The van der Waals surface area contributed by atoms with E-state index in [2.05, 4.69) is 0 Å². The van der Waals surface area contributed by atoms with Gasteiger partial charge in [0.25, 0.3) is 0 Å². The van der Waals surface area contributed by atoms with Gasteiger partial charge < -0.3 is 9.64 Å². The quantitative estimate of drug-likeness (QED) is 0.638. The van der Waals surface area contributed by atoms with Crippen molar-refractivity contribution in [3.8, 4) is 5.75 Å². The lowest BCUT2D eigenvalue weighted by atomic mass is 10.1. The zero-order chi connectivity index (χ0) is 16.4.